The van der Waals surface area contributed by atoms with Gasteiger partial charge in [0.05, 0.1) is 26.0 Å². The topological polar surface area (TPSA) is 130 Å². The van der Waals surface area contributed by atoms with Crippen LogP contribution in [0.1, 0.15) is 29.3 Å². The van der Waals surface area contributed by atoms with Crippen molar-refractivity contribution in [3.8, 4) is 6.07 Å². The van der Waals surface area contributed by atoms with Gasteiger partial charge in [-0.15, -0.1) is 5.10 Å². The predicted octanol–water partition coefficient (Wildman–Crippen LogP) is 5.08. The number of thioether (sulfide) groups is 1. The van der Waals surface area contributed by atoms with E-state index in [0.29, 0.717) is 23.1 Å². The smallest absolute Gasteiger partial charge is 0.230 e. The second-order valence-electron chi connectivity index (χ2n) is 11.3. The fourth-order valence-corrected chi connectivity index (χ4v) is 6.70. The van der Waals surface area contributed by atoms with Crippen molar-refractivity contribution in [3.05, 3.63) is 120 Å². The van der Waals surface area contributed by atoms with Crippen molar-refractivity contribution in [1.82, 2.24) is 19.6 Å². The van der Waals surface area contributed by atoms with Gasteiger partial charge in [-0.2, -0.15) is 5.26 Å². The summed E-state index contributed by atoms with van der Waals surface area (Å²) in [7, 11) is 0. The second-order valence-corrected chi connectivity index (χ2v) is 12.1. The average molecular weight is 621 g/mol. The van der Waals surface area contributed by atoms with Gasteiger partial charge in [0, 0.05) is 0 Å². The van der Waals surface area contributed by atoms with Crippen LogP contribution >= 0.6 is 11.8 Å². The van der Waals surface area contributed by atoms with E-state index < -0.39 is 29.0 Å². The highest BCUT2D eigenvalue weighted by atomic mass is 32.2. The molecular weight excluding hydrogens is 588 g/mol. The molecular formula is C34H32N6O4S. The molecule has 2 fully saturated rings. The zero-order chi connectivity index (χ0) is 31.1. The first-order valence-electron chi connectivity index (χ1n) is 14.6. The summed E-state index contributed by atoms with van der Waals surface area (Å²) in [6.07, 6.45) is 2.26. The minimum Gasteiger partial charge on any atom is -0.380 e. The second kappa shape index (κ2) is 11.6. The van der Waals surface area contributed by atoms with E-state index >= 15 is 0 Å². The van der Waals surface area contributed by atoms with Crippen LogP contribution in [-0.2, 0) is 44.4 Å². The van der Waals surface area contributed by atoms with Crippen LogP contribution in [0.15, 0.2) is 102 Å². The molecule has 1 aliphatic carbocycles. The van der Waals surface area contributed by atoms with Gasteiger partial charge in [0.25, 0.3) is 0 Å². The van der Waals surface area contributed by atoms with Crippen LogP contribution < -0.4 is 5.73 Å². The molecule has 0 amide bonds. The Balaban J connectivity index is 1.35. The number of hydrogen-bond acceptors (Lipinski definition) is 10. The molecule has 228 valence electrons. The van der Waals surface area contributed by atoms with E-state index in [2.05, 4.69) is 21.1 Å². The Bertz CT molecular complexity index is 1850. The number of nitriles is 1. The highest BCUT2D eigenvalue weighted by Crippen LogP contribution is 2.68. The van der Waals surface area contributed by atoms with Crippen molar-refractivity contribution in [2.24, 2.45) is 0 Å². The van der Waals surface area contributed by atoms with Crippen LogP contribution in [0.2, 0.25) is 0 Å². The Labute approximate surface area is 265 Å². The number of nitrogen functional groups attached to an aromatic ring is 1. The Hall–Kier alpha value is -4.31. The summed E-state index contributed by atoms with van der Waals surface area (Å²) in [5.74, 6) is 0.197. The number of benzene rings is 3. The summed E-state index contributed by atoms with van der Waals surface area (Å²) in [4.78, 5) is 8.84. The minimum absolute atomic E-state index is 0.197. The summed E-state index contributed by atoms with van der Waals surface area (Å²) in [5.41, 5.74) is 5.62. The first-order chi connectivity index (χ1) is 22.0. The van der Waals surface area contributed by atoms with E-state index in [1.54, 1.807) is 6.20 Å². The van der Waals surface area contributed by atoms with Crippen LogP contribution in [0.5, 0.6) is 0 Å². The number of hydrogen-bond donors (Lipinski definition) is 1. The van der Waals surface area contributed by atoms with Crippen LogP contribution in [-0.4, -0.2) is 49.2 Å². The molecule has 3 aromatic carbocycles. The zero-order valence-electron chi connectivity index (χ0n) is 24.9. The molecule has 5 atom stereocenters. The lowest BCUT2D eigenvalue weighted by atomic mass is 9.77. The molecule has 3 heterocycles. The molecule has 2 unspecified atom stereocenters. The number of nitrogens with zero attached hydrogens (tertiary/aromatic N) is 5. The standard InChI is InChI=1S/C34H32N6O4S/c1-32(42-20-24-14-8-4-9-15-24)33(22-35,26-18-37-30-29(36)38-31(45-2)39-40(26)30)44-28-27(41-19-23-12-6-3-7-13-23)34(28,32)43-21-25-16-10-5-11-17-25/h3-18,27-28H,19-21H2,1-2H3,(H2,36,38,39)/t27?,28-,32+,33?,34-/m1/s1. The van der Waals surface area contributed by atoms with Gasteiger partial charge in [0.15, 0.2) is 17.1 Å². The maximum atomic E-state index is 11.1. The summed E-state index contributed by atoms with van der Waals surface area (Å²) in [5, 5.41) is 16.2. The fourth-order valence-electron chi connectivity index (χ4n) is 6.35. The predicted molar refractivity (Wildman–Crippen MR) is 168 cm³/mol. The number of fused-ring (bicyclic) bond motifs is 2. The van der Waals surface area contributed by atoms with Crippen molar-refractivity contribution < 1.29 is 18.9 Å². The Morgan fingerprint density at radius 3 is 2.07 bits per heavy atom. The van der Waals surface area contributed by atoms with Crippen molar-refractivity contribution in [3.63, 3.8) is 0 Å². The lowest BCUT2D eigenvalue weighted by Crippen LogP contribution is -2.60. The Morgan fingerprint density at radius 1 is 0.911 bits per heavy atom. The minimum atomic E-state index is -1.70. The first kappa shape index (κ1) is 29.4. The van der Waals surface area contributed by atoms with Gasteiger partial charge in [-0.3, -0.25) is 0 Å². The van der Waals surface area contributed by atoms with E-state index in [1.807, 2.05) is 104 Å². The van der Waals surface area contributed by atoms with Gasteiger partial charge in [0.2, 0.25) is 10.8 Å². The van der Waals surface area contributed by atoms with E-state index in [4.69, 9.17) is 24.7 Å². The number of ether oxygens (including phenoxy) is 4. The van der Waals surface area contributed by atoms with Gasteiger partial charge in [-0.1, -0.05) is 103 Å². The third-order valence-corrected chi connectivity index (χ3v) is 9.30. The van der Waals surface area contributed by atoms with Crippen molar-refractivity contribution in [1.29, 1.82) is 5.26 Å². The summed E-state index contributed by atoms with van der Waals surface area (Å²) in [6.45, 7) is 2.67. The van der Waals surface area contributed by atoms with E-state index in [0.717, 1.165) is 16.7 Å². The van der Waals surface area contributed by atoms with Gasteiger partial charge < -0.3 is 24.7 Å². The molecule has 45 heavy (non-hydrogen) atoms. The molecule has 7 rings (SSSR count). The number of nitrogens with two attached hydrogens (primary N) is 1. The van der Waals surface area contributed by atoms with Crippen molar-refractivity contribution in [2.75, 3.05) is 12.0 Å². The monoisotopic (exact) mass is 620 g/mol. The quantitative estimate of drug-likeness (QED) is 0.200. The van der Waals surface area contributed by atoms with Gasteiger partial charge >= 0.3 is 0 Å². The third-order valence-electron chi connectivity index (χ3n) is 8.77. The van der Waals surface area contributed by atoms with Crippen LogP contribution in [0.3, 0.4) is 0 Å². The first-order valence-corrected chi connectivity index (χ1v) is 15.8. The zero-order valence-corrected chi connectivity index (χ0v) is 25.7. The maximum Gasteiger partial charge on any atom is 0.230 e. The van der Waals surface area contributed by atoms with Crippen LogP contribution in [0.25, 0.3) is 5.65 Å². The van der Waals surface area contributed by atoms with Gasteiger partial charge in [-0.25, -0.2) is 14.5 Å². The molecule has 11 heteroatoms. The molecule has 5 aromatic rings. The van der Waals surface area contributed by atoms with Gasteiger partial charge in [-0.05, 0) is 29.9 Å². The largest absolute Gasteiger partial charge is 0.380 e. The molecule has 2 aliphatic rings. The summed E-state index contributed by atoms with van der Waals surface area (Å²) in [6, 6.07) is 32.1. The number of rotatable bonds is 11. The molecule has 0 bridgehead atoms. The van der Waals surface area contributed by atoms with Crippen LogP contribution in [0, 0.1) is 11.3 Å². The van der Waals surface area contributed by atoms with E-state index in [9.17, 15) is 5.26 Å². The highest BCUT2D eigenvalue weighted by Gasteiger charge is 2.90. The third kappa shape index (κ3) is 4.69. The maximum absolute atomic E-state index is 11.1. The molecule has 10 nitrogen and oxygen atoms in total. The average Bonchev–Trinajstić information content (AvgIpc) is 3.35. The lowest BCUT2D eigenvalue weighted by molar-refractivity contribution is -0.224. The van der Waals surface area contributed by atoms with E-state index in [1.165, 1.54) is 16.3 Å². The molecule has 1 saturated heterocycles. The number of imidazole rings is 1. The summed E-state index contributed by atoms with van der Waals surface area (Å²) >= 11 is 1.34. The molecule has 2 aromatic heterocycles. The summed E-state index contributed by atoms with van der Waals surface area (Å²) < 4.78 is 28.7. The molecule has 0 spiro atoms. The van der Waals surface area contributed by atoms with Gasteiger partial charge in [0.1, 0.15) is 29.6 Å². The van der Waals surface area contributed by atoms with Crippen molar-refractivity contribution in [2.45, 2.75) is 60.9 Å². The number of aromatic nitrogens is 4. The molecule has 0 radical (unpaired) electrons. The molecule has 2 N–H and O–H groups in total. The number of anilines is 1. The molecule has 1 aliphatic heterocycles. The SMILES string of the molecule is CSc1nc(N)c2ncc(C3(C#N)O[C@@H]4C(OCc5ccccc5)[C@]4(OCc4ccccc4)[C@@]3(C)OCc3ccccc3)n2n1. The Kier molecular flexibility index (Phi) is 7.55. The van der Waals surface area contributed by atoms with E-state index in [-0.39, 0.29) is 19.0 Å². The molecule has 1 saturated carbocycles. The Morgan fingerprint density at radius 2 is 1.49 bits per heavy atom. The fraction of sp³-hybridized carbons (Fsp3) is 0.294. The van der Waals surface area contributed by atoms with Crippen LogP contribution in [0.4, 0.5) is 5.82 Å². The van der Waals surface area contributed by atoms with Crippen molar-refractivity contribution >= 4 is 23.2 Å². The normalized spacial score (nSPS) is 26.9. The lowest BCUT2D eigenvalue weighted by Gasteiger charge is -2.43. The highest BCUT2D eigenvalue weighted by molar-refractivity contribution is 7.98.